The van der Waals surface area contributed by atoms with Gasteiger partial charge in [-0.1, -0.05) is 47.5 Å². The summed E-state index contributed by atoms with van der Waals surface area (Å²) < 4.78 is 18.3. The lowest BCUT2D eigenvalue weighted by Gasteiger charge is -2.22. The number of anilines is 2. The highest BCUT2D eigenvalue weighted by atomic mass is 35.5. The standard InChI is InChI=1S/C37H36Cl2N6O6/c1-43(29-16-15-28(38)27(35(29)39)22-51-31-9-5-8-30-36(31)42-37(50-4)44(30)2)33(47)20-41-32(46)17-12-24-10-13-26(14-11-24)45(34(48)23-49-3)21-25-7-6-18-40-19-25/h5-19H,20-23H2,1-4H3,(H,41,46). The number of hydrogen-bond donors (Lipinski definition) is 1. The molecule has 0 saturated carbocycles. The first-order valence-electron chi connectivity index (χ1n) is 15.7. The number of nitrogens with zero attached hydrogens (tertiary/aromatic N) is 5. The Hall–Kier alpha value is -5.43. The number of likely N-dealkylation sites (N-methyl/N-ethyl adjacent to an activating group) is 1. The molecule has 1 N–H and O–H groups in total. The Morgan fingerprint density at radius 1 is 0.980 bits per heavy atom. The Balaban J connectivity index is 1.18. The van der Waals surface area contributed by atoms with E-state index in [1.54, 1.807) is 80.0 Å². The Morgan fingerprint density at radius 2 is 1.76 bits per heavy atom. The van der Waals surface area contributed by atoms with E-state index in [0.717, 1.165) is 16.6 Å². The van der Waals surface area contributed by atoms with Gasteiger partial charge < -0.3 is 29.3 Å². The predicted molar refractivity (Wildman–Crippen MR) is 197 cm³/mol. The number of fused-ring (bicyclic) bond motifs is 1. The number of pyridine rings is 1. The Kier molecular flexibility index (Phi) is 12.3. The molecule has 0 spiro atoms. The van der Waals surface area contributed by atoms with Gasteiger partial charge in [-0.3, -0.25) is 23.9 Å². The molecule has 264 valence electrons. The van der Waals surface area contributed by atoms with Crippen molar-refractivity contribution in [2.45, 2.75) is 13.2 Å². The van der Waals surface area contributed by atoms with Gasteiger partial charge in [-0.15, -0.1) is 0 Å². The number of aryl methyl sites for hydroxylation is 1. The van der Waals surface area contributed by atoms with Crippen LogP contribution in [0.15, 0.2) is 85.2 Å². The summed E-state index contributed by atoms with van der Waals surface area (Å²) in [4.78, 5) is 50.0. The second-order valence-electron chi connectivity index (χ2n) is 11.3. The molecule has 0 aliphatic heterocycles. The summed E-state index contributed by atoms with van der Waals surface area (Å²) in [5.41, 5.74) is 4.58. The quantitative estimate of drug-likeness (QED) is 0.141. The fourth-order valence-electron chi connectivity index (χ4n) is 5.20. The molecule has 5 rings (SSSR count). The number of halogens is 2. The third kappa shape index (κ3) is 8.84. The molecule has 0 saturated heterocycles. The SMILES string of the molecule is COCC(=O)N(Cc1cccnc1)c1ccc(C=CC(=O)NCC(=O)N(C)c2ccc(Cl)c(COc3cccc4c3nc(OC)n4C)c2Cl)cc1. The van der Waals surface area contributed by atoms with E-state index in [4.69, 9.17) is 37.4 Å². The number of methoxy groups -OCH3 is 2. The lowest BCUT2D eigenvalue weighted by molar-refractivity contribution is -0.122. The summed E-state index contributed by atoms with van der Waals surface area (Å²) in [6.07, 6.45) is 6.31. The molecule has 0 radical (unpaired) electrons. The predicted octanol–water partition coefficient (Wildman–Crippen LogP) is 5.83. The molecule has 14 heteroatoms. The highest BCUT2D eigenvalue weighted by molar-refractivity contribution is 6.38. The topological polar surface area (TPSA) is 128 Å². The maximum absolute atomic E-state index is 13.1. The maximum Gasteiger partial charge on any atom is 0.296 e. The van der Waals surface area contributed by atoms with Crippen LogP contribution in [0.25, 0.3) is 17.1 Å². The molecular weight excluding hydrogens is 695 g/mol. The van der Waals surface area contributed by atoms with Crippen LogP contribution in [0.2, 0.25) is 10.0 Å². The van der Waals surface area contributed by atoms with Crippen LogP contribution in [-0.2, 0) is 39.3 Å². The Bertz CT molecular complexity index is 2050. The zero-order valence-electron chi connectivity index (χ0n) is 28.4. The van der Waals surface area contributed by atoms with Crippen LogP contribution >= 0.6 is 23.2 Å². The second-order valence-corrected chi connectivity index (χ2v) is 12.1. The molecule has 12 nitrogen and oxygen atoms in total. The molecule has 0 unspecified atom stereocenters. The van der Waals surface area contributed by atoms with Crippen LogP contribution in [0.1, 0.15) is 16.7 Å². The van der Waals surface area contributed by atoms with Crippen molar-refractivity contribution in [3.8, 4) is 11.8 Å². The van der Waals surface area contributed by atoms with E-state index in [9.17, 15) is 14.4 Å². The van der Waals surface area contributed by atoms with E-state index in [0.29, 0.717) is 45.8 Å². The number of ether oxygens (including phenoxy) is 3. The van der Waals surface area contributed by atoms with Gasteiger partial charge in [0, 0.05) is 55.9 Å². The number of hydrogen-bond acceptors (Lipinski definition) is 8. The molecule has 0 fully saturated rings. The van der Waals surface area contributed by atoms with Crippen molar-refractivity contribution in [3.05, 3.63) is 112 Å². The van der Waals surface area contributed by atoms with Crippen LogP contribution in [0.3, 0.4) is 0 Å². The van der Waals surface area contributed by atoms with Gasteiger partial charge in [0.05, 0.1) is 36.4 Å². The molecule has 2 heterocycles. The zero-order valence-corrected chi connectivity index (χ0v) is 29.9. The molecule has 5 aromatic rings. The van der Waals surface area contributed by atoms with Gasteiger partial charge in [-0.25, -0.2) is 0 Å². The molecule has 3 amide bonds. The zero-order chi connectivity index (χ0) is 36.5. The molecule has 0 aliphatic carbocycles. The van der Waals surface area contributed by atoms with Gasteiger partial charge in [-0.2, -0.15) is 4.98 Å². The van der Waals surface area contributed by atoms with Crippen molar-refractivity contribution < 1.29 is 28.6 Å². The first-order chi connectivity index (χ1) is 24.6. The molecule has 0 atom stereocenters. The number of carbonyl (C=O) groups is 3. The van der Waals surface area contributed by atoms with Gasteiger partial charge in [0.2, 0.25) is 11.8 Å². The number of benzene rings is 3. The van der Waals surface area contributed by atoms with E-state index in [1.165, 1.54) is 18.1 Å². The van der Waals surface area contributed by atoms with Gasteiger partial charge in [0.1, 0.15) is 24.5 Å². The number of nitrogens with one attached hydrogen (secondary N) is 1. The third-order valence-electron chi connectivity index (χ3n) is 7.97. The van der Waals surface area contributed by atoms with E-state index in [-0.39, 0.29) is 30.7 Å². The molecule has 0 aliphatic rings. The number of para-hydroxylation sites is 1. The summed E-state index contributed by atoms with van der Waals surface area (Å²) >= 11 is 13.2. The van der Waals surface area contributed by atoms with Crippen molar-refractivity contribution in [3.63, 3.8) is 0 Å². The summed E-state index contributed by atoms with van der Waals surface area (Å²) in [6.45, 7) is -0.0148. The van der Waals surface area contributed by atoms with E-state index in [2.05, 4.69) is 15.3 Å². The van der Waals surface area contributed by atoms with Gasteiger partial charge in [0.15, 0.2) is 0 Å². The number of rotatable bonds is 14. The minimum absolute atomic E-state index is 0.0139. The van der Waals surface area contributed by atoms with Crippen LogP contribution in [0.5, 0.6) is 11.8 Å². The third-order valence-corrected chi connectivity index (χ3v) is 8.74. The van der Waals surface area contributed by atoms with E-state index < -0.39 is 11.8 Å². The molecule has 2 aromatic heterocycles. The van der Waals surface area contributed by atoms with Crippen LogP contribution < -0.4 is 24.6 Å². The molecule has 3 aromatic carbocycles. The highest BCUT2D eigenvalue weighted by Gasteiger charge is 2.20. The first-order valence-corrected chi connectivity index (χ1v) is 16.5. The minimum Gasteiger partial charge on any atom is -0.486 e. The van der Waals surface area contributed by atoms with Gasteiger partial charge in [-0.05, 0) is 59.7 Å². The van der Waals surface area contributed by atoms with Gasteiger partial charge >= 0.3 is 0 Å². The van der Waals surface area contributed by atoms with Crippen molar-refractivity contribution in [1.82, 2.24) is 19.9 Å². The highest BCUT2D eigenvalue weighted by Crippen LogP contribution is 2.36. The molecular formula is C37H36Cl2N6O6. The van der Waals surface area contributed by atoms with Crippen molar-refractivity contribution >= 4 is 69.4 Å². The van der Waals surface area contributed by atoms with Crippen LogP contribution in [0, 0.1) is 0 Å². The van der Waals surface area contributed by atoms with E-state index >= 15 is 0 Å². The fraction of sp³-hybridized carbons (Fsp3) is 0.216. The van der Waals surface area contributed by atoms with Crippen LogP contribution in [-0.4, -0.2) is 66.7 Å². The average Bonchev–Trinajstić information content (AvgIpc) is 3.48. The fourth-order valence-corrected chi connectivity index (χ4v) is 5.81. The number of carbonyl (C=O) groups excluding carboxylic acids is 3. The maximum atomic E-state index is 13.1. The van der Waals surface area contributed by atoms with Crippen molar-refractivity contribution in [2.75, 3.05) is 44.2 Å². The summed E-state index contributed by atoms with van der Waals surface area (Å²) in [5, 5.41) is 3.21. The Morgan fingerprint density at radius 3 is 2.47 bits per heavy atom. The van der Waals surface area contributed by atoms with Crippen molar-refractivity contribution in [1.29, 1.82) is 0 Å². The summed E-state index contributed by atoms with van der Waals surface area (Å²) in [5.74, 6) is -0.564. The molecule has 0 bridgehead atoms. The normalized spacial score (nSPS) is 11.1. The molecule has 51 heavy (non-hydrogen) atoms. The number of amides is 3. The number of aromatic nitrogens is 3. The van der Waals surface area contributed by atoms with Crippen molar-refractivity contribution in [2.24, 2.45) is 7.05 Å². The monoisotopic (exact) mass is 730 g/mol. The minimum atomic E-state index is -0.467. The Labute approximate surface area is 305 Å². The first kappa shape index (κ1) is 36.8. The van der Waals surface area contributed by atoms with Gasteiger partial charge in [0.25, 0.3) is 11.9 Å². The lowest BCUT2D eigenvalue weighted by atomic mass is 10.1. The summed E-state index contributed by atoms with van der Waals surface area (Å²) in [7, 11) is 6.41. The van der Waals surface area contributed by atoms with Crippen LogP contribution in [0.4, 0.5) is 11.4 Å². The lowest BCUT2D eigenvalue weighted by Crippen LogP contribution is -2.37. The summed E-state index contributed by atoms with van der Waals surface area (Å²) in [6, 6.07) is 20.1. The average molecular weight is 732 g/mol. The van der Waals surface area contributed by atoms with E-state index in [1.807, 2.05) is 35.9 Å². The largest absolute Gasteiger partial charge is 0.486 e. The number of imidazole rings is 1. The smallest absolute Gasteiger partial charge is 0.296 e. The second kappa shape index (κ2) is 17.0.